The van der Waals surface area contributed by atoms with Gasteiger partial charge in [0.05, 0.1) is 5.56 Å². The van der Waals surface area contributed by atoms with Crippen LogP contribution >= 0.6 is 0 Å². The first kappa shape index (κ1) is 14.6. The number of hydrogen-bond acceptors (Lipinski definition) is 7. The summed E-state index contributed by atoms with van der Waals surface area (Å²) in [5.41, 5.74) is 6.43. The number of hydrogen-bond donors (Lipinski definition) is 3. The Labute approximate surface area is 130 Å². The van der Waals surface area contributed by atoms with E-state index in [1.807, 2.05) is 0 Å². The van der Waals surface area contributed by atoms with E-state index in [2.05, 4.69) is 25.3 Å². The minimum atomic E-state index is -0.982. The number of amides is 1. The molecule has 0 saturated heterocycles. The van der Waals surface area contributed by atoms with E-state index in [-0.39, 0.29) is 29.1 Å². The van der Waals surface area contributed by atoms with Gasteiger partial charge in [-0.1, -0.05) is 0 Å². The Bertz CT molecular complexity index is 791. The van der Waals surface area contributed by atoms with Crippen molar-refractivity contribution >= 4 is 41.3 Å². The Morgan fingerprint density at radius 2 is 2.00 bits per heavy atom. The number of aliphatic imine (C=N–C) groups is 4. The fourth-order valence-corrected chi connectivity index (χ4v) is 2.05. The molecule has 0 bridgehead atoms. The number of aromatic carboxylic acids is 1. The Kier molecular flexibility index (Phi) is 3.67. The molecule has 1 amide bonds. The van der Waals surface area contributed by atoms with Gasteiger partial charge in [0.2, 0.25) is 5.96 Å². The number of nitrogens with one attached hydrogen (secondary N) is 1. The van der Waals surface area contributed by atoms with Gasteiger partial charge in [0, 0.05) is 18.4 Å². The number of carbonyl (C=O) groups is 2. The Morgan fingerprint density at radius 3 is 2.70 bits per heavy atom. The molecule has 9 heteroatoms. The summed E-state index contributed by atoms with van der Waals surface area (Å²) in [6.07, 6.45) is 1.56. The predicted molar refractivity (Wildman–Crippen MR) is 85.7 cm³/mol. The molecule has 0 fully saturated rings. The number of benzene rings is 1. The Hall–Kier alpha value is -3.36. The van der Waals surface area contributed by atoms with Gasteiger partial charge in [0.25, 0.3) is 0 Å². The van der Waals surface area contributed by atoms with Crippen molar-refractivity contribution in [3.63, 3.8) is 0 Å². The number of carbonyl (C=O) groups excluding carboxylic acids is 1. The summed E-state index contributed by atoms with van der Waals surface area (Å²) < 4.78 is 0. The normalized spacial score (nSPS) is 19.4. The molecule has 2 aliphatic heterocycles. The summed E-state index contributed by atoms with van der Waals surface area (Å²) in [5, 5.41) is 11.9. The lowest BCUT2D eigenvalue weighted by atomic mass is 10.2. The van der Waals surface area contributed by atoms with Crippen molar-refractivity contribution in [3.05, 3.63) is 29.8 Å². The minimum Gasteiger partial charge on any atom is -0.478 e. The number of carboxylic acid groups (broad SMARTS) is 1. The molecule has 9 nitrogen and oxygen atoms in total. The van der Waals surface area contributed by atoms with Crippen molar-refractivity contribution in [2.24, 2.45) is 25.7 Å². The van der Waals surface area contributed by atoms with E-state index in [4.69, 9.17) is 10.8 Å². The number of anilines is 1. The van der Waals surface area contributed by atoms with E-state index >= 15 is 0 Å². The highest BCUT2D eigenvalue weighted by Gasteiger charge is 2.26. The molecular formula is C14H12N6O3. The zero-order chi connectivity index (χ0) is 16.4. The molecule has 0 saturated carbocycles. The van der Waals surface area contributed by atoms with Crippen molar-refractivity contribution in [2.45, 2.75) is 6.04 Å². The van der Waals surface area contributed by atoms with Gasteiger partial charge in [-0.2, -0.15) is 9.98 Å². The van der Waals surface area contributed by atoms with Crippen LogP contribution in [0.15, 0.2) is 44.2 Å². The van der Waals surface area contributed by atoms with Crippen LogP contribution in [0.5, 0.6) is 0 Å². The van der Waals surface area contributed by atoms with E-state index in [1.165, 1.54) is 12.1 Å². The summed E-state index contributed by atoms with van der Waals surface area (Å²) >= 11 is 0. The van der Waals surface area contributed by atoms with Crippen LogP contribution in [0.2, 0.25) is 0 Å². The van der Waals surface area contributed by atoms with Crippen molar-refractivity contribution in [2.75, 3.05) is 11.9 Å². The molecule has 1 unspecified atom stereocenters. The first-order valence-corrected chi connectivity index (χ1v) is 6.70. The zero-order valence-electron chi connectivity index (χ0n) is 11.8. The number of rotatable bonds is 4. The molecule has 23 heavy (non-hydrogen) atoms. The van der Waals surface area contributed by atoms with Crippen molar-refractivity contribution in [3.8, 4) is 0 Å². The van der Waals surface area contributed by atoms with Crippen LogP contribution in [0.25, 0.3) is 0 Å². The fraction of sp³-hybridized carbons (Fsp3) is 0.143. The lowest BCUT2D eigenvalue weighted by molar-refractivity contribution is -0.111. The molecule has 4 N–H and O–H groups in total. The van der Waals surface area contributed by atoms with Crippen LogP contribution in [0, 0.1) is 0 Å². The van der Waals surface area contributed by atoms with Gasteiger partial charge in [0.1, 0.15) is 6.04 Å². The van der Waals surface area contributed by atoms with Gasteiger partial charge in [-0.25, -0.2) is 9.79 Å². The smallest absolute Gasteiger partial charge is 0.335 e. The second-order valence-corrected chi connectivity index (χ2v) is 4.80. The van der Waals surface area contributed by atoms with Gasteiger partial charge in [-0.15, -0.1) is 0 Å². The van der Waals surface area contributed by atoms with Crippen LogP contribution in [0.4, 0.5) is 5.69 Å². The van der Waals surface area contributed by atoms with Gasteiger partial charge in [-0.05, 0) is 24.3 Å². The van der Waals surface area contributed by atoms with Crippen molar-refractivity contribution < 1.29 is 14.7 Å². The van der Waals surface area contributed by atoms with E-state index in [9.17, 15) is 9.59 Å². The summed E-state index contributed by atoms with van der Waals surface area (Å²) in [4.78, 5) is 38.2. The van der Waals surface area contributed by atoms with Crippen LogP contribution in [-0.2, 0) is 4.79 Å². The average Bonchev–Trinajstić information content (AvgIpc) is 2.53. The average molecular weight is 312 g/mol. The summed E-state index contributed by atoms with van der Waals surface area (Å²) in [5.74, 6) is -1.49. The largest absolute Gasteiger partial charge is 0.478 e. The highest BCUT2D eigenvalue weighted by molar-refractivity contribution is 6.69. The third kappa shape index (κ3) is 3.12. The summed E-state index contributed by atoms with van der Waals surface area (Å²) in [6, 6.07) is 5.94. The first-order chi connectivity index (χ1) is 11.0. The predicted octanol–water partition coefficient (Wildman–Crippen LogP) is -0.0559. The van der Waals surface area contributed by atoms with Gasteiger partial charge in [0.15, 0.2) is 11.5 Å². The highest BCUT2D eigenvalue weighted by Crippen LogP contribution is 2.11. The molecule has 1 aromatic rings. The third-order valence-electron chi connectivity index (χ3n) is 3.16. The molecule has 1 aromatic carbocycles. The third-order valence-corrected chi connectivity index (χ3v) is 3.16. The maximum Gasteiger partial charge on any atom is 0.335 e. The summed E-state index contributed by atoms with van der Waals surface area (Å²) in [7, 11) is 0. The molecule has 0 aromatic heterocycles. The molecule has 0 aliphatic carbocycles. The topological polar surface area (TPSA) is 142 Å². The van der Waals surface area contributed by atoms with Crippen LogP contribution < -0.4 is 11.1 Å². The molecule has 116 valence electrons. The van der Waals surface area contributed by atoms with E-state index in [0.29, 0.717) is 6.54 Å². The van der Waals surface area contributed by atoms with E-state index in [0.717, 1.165) is 5.69 Å². The second-order valence-electron chi connectivity index (χ2n) is 4.80. The van der Waals surface area contributed by atoms with Crippen LogP contribution in [0.1, 0.15) is 10.4 Å². The van der Waals surface area contributed by atoms with E-state index < -0.39 is 11.9 Å². The molecule has 2 heterocycles. The number of carboxylic acids is 1. The number of fused-ring (bicyclic) bond motifs is 1. The first-order valence-electron chi connectivity index (χ1n) is 6.70. The van der Waals surface area contributed by atoms with Crippen LogP contribution in [0.3, 0.4) is 0 Å². The molecule has 3 rings (SSSR count). The molecule has 0 radical (unpaired) electrons. The minimum absolute atomic E-state index is 0.0923. The maximum absolute atomic E-state index is 11.7. The highest BCUT2D eigenvalue weighted by atomic mass is 16.4. The number of guanidine groups is 1. The van der Waals surface area contributed by atoms with Gasteiger partial charge in [-0.3, -0.25) is 9.79 Å². The molecule has 2 aliphatic rings. The monoisotopic (exact) mass is 312 g/mol. The SMILES string of the molecule is NC1=NC(=O)C2=NC(CNc3ccc(C(=O)O)cc3)C=NC2=N1. The second kappa shape index (κ2) is 5.79. The molecular weight excluding hydrogens is 300 g/mol. The number of nitrogens with zero attached hydrogens (tertiary/aromatic N) is 4. The fourth-order valence-electron chi connectivity index (χ4n) is 2.05. The Morgan fingerprint density at radius 1 is 1.26 bits per heavy atom. The van der Waals surface area contributed by atoms with Crippen molar-refractivity contribution in [1.82, 2.24) is 0 Å². The lowest BCUT2D eigenvalue weighted by Crippen LogP contribution is -2.36. The molecule has 0 spiro atoms. The van der Waals surface area contributed by atoms with Gasteiger partial charge < -0.3 is 16.2 Å². The van der Waals surface area contributed by atoms with E-state index in [1.54, 1.807) is 18.3 Å². The zero-order valence-corrected chi connectivity index (χ0v) is 11.8. The van der Waals surface area contributed by atoms with Crippen molar-refractivity contribution in [1.29, 1.82) is 0 Å². The standard InChI is InChI=1S/C14H12N6O3/c15-14-19-11-10(12(21)20-14)18-9(6-17-11)5-16-8-3-1-7(2-4-8)13(22)23/h1-4,6,9,16H,5H2,(H,22,23)(H2,15,20,21). The quantitative estimate of drug-likeness (QED) is 0.714. The number of nitrogens with two attached hydrogens (primary N) is 1. The number of amidine groups is 1. The lowest BCUT2D eigenvalue weighted by Gasteiger charge is -2.17. The molecule has 1 atom stereocenters. The van der Waals surface area contributed by atoms with Crippen LogP contribution in [-0.4, -0.2) is 53.3 Å². The summed E-state index contributed by atoms with van der Waals surface area (Å²) in [6.45, 7) is 0.388. The Balaban J connectivity index is 1.66. The maximum atomic E-state index is 11.7. The van der Waals surface area contributed by atoms with Gasteiger partial charge >= 0.3 is 11.9 Å².